The van der Waals surface area contributed by atoms with Crippen LogP contribution in [0.15, 0.2) is 53.4 Å². The fourth-order valence-electron chi connectivity index (χ4n) is 4.02. The van der Waals surface area contributed by atoms with Gasteiger partial charge in [-0.25, -0.2) is 0 Å². The molecule has 3 rings (SSSR count). The SMILES string of the molecule is CCC(O)C[C@@]1(CC)CSc2ccc(OCCCS(=O)(=O)O)cc2[C@H](c2ccccc2)N1. The molecular weight excluding hydrogens is 446 g/mol. The summed E-state index contributed by atoms with van der Waals surface area (Å²) in [4.78, 5) is 1.16. The number of ether oxygens (including phenoxy) is 1. The lowest BCUT2D eigenvalue weighted by atomic mass is 9.87. The maximum absolute atomic E-state index is 10.9. The van der Waals surface area contributed by atoms with Crippen molar-refractivity contribution in [1.29, 1.82) is 0 Å². The Morgan fingerprint density at radius 2 is 1.97 bits per heavy atom. The molecule has 0 amide bonds. The summed E-state index contributed by atoms with van der Waals surface area (Å²) >= 11 is 1.79. The highest BCUT2D eigenvalue weighted by molar-refractivity contribution is 7.99. The normalized spacial score (nSPS) is 22.1. The topological polar surface area (TPSA) is 95.9 Å². The van der Waals surface area contributed by atoms with E-state index in [-0.39, 0.29) is 36.5 Å². The molecule has 1 heterocycles. The molecule has 3 N–H and O–H groups in total. The summed E-state index contributed by atoms with van der Waals surface area (Å²) < 4.78 is 36.6. The van der Waals surface area contributed by atoms with Crippen LogP contribution in [0.25, 0.3) is 0 Å². The monoisotopic (exact) mass is 479 g/mol. The number of hydrogen-bond donors (Lipinski definition) is 3. The van der Waals surface area contributed by atoms with Crippen molar-refractivity contribution >= 4 is 21.9 Å². The number of aliphatic hydroxyl groups is 1. The lowest BCUT2D eigenvalue weighted by Crippen LogP contribution is -2.50. The van der Waals surface area contributed by atoms with Crippen LogP contribution in [0.1, 0.15) is 56.7 Å². The minimum absolute atomic E-state index is 0.0634. The molecule has 0 spiro atoms. The highest BCUT2D eigenvalue weighted by Gasteiger charge is 2.37. The third-order valence-electron chi connectivity index (χ3n) is 5.97. The van der Waals surface area contributed by atoms with Crippen LogP contribution in [0.4, 0.5) is 0 Å². The van der Waals surface area contributed by atoms with Crippen LogP contribution in [-0.4, -0.2) is 47.8 Å². The molecule has 2 aromatic rings. The summed E-state index contributed by atoms with van der Waals surface area (Å²) in [7, 11) is -3.98. The molecule has 6 nitrogen and oxygen atoms in total. The molecule has 1 aliphatic rings. The molecule has 1 aliphatic heterocycles. The summed E-state index contributed by atoms with van der Waals surface area (Å²) in [5.74, 6) is 1.20. The first-order valence-electron chi connectivity index (χ1n) is 11.1. The van der Waals surface area contributed by atoms with Crippen LogP contribution < -0.4 is 10.1 Å². The van der Waals surface area contributed by atoms with E-state index >= 15 is 0 Å². The molecule has 1 unspecified atom stereocenters. The molecule has 32 heavy (non-hydrogen) atoms. The van der Waals surface area contributed by atoms with Crippen molar-refractivity contribution in [3.05, 3.63) is 59.7 Å². The van der Waals surface area contributed by atoms with Gasteiger partial charge in [0.15, 0.2) is 0 Å². The Balaban J connectivity index is 1.90. The summed E-state index contributed by atoms with van der Waals surface area (Å²) in [5.41, 5.74) is 2.04. The van der Waals surface area contributed by atoms with Crippen molar-refractivity contribution in [2.24, 2.45) is 0 Å². The summed E-state index contributed by atoms with van der Waals surface area (Å²) in [5, 5.41) is 14.3. The molecule has 0 aliphatic carbocycles. The zero-order valence-electron chi connectivity index (χ0n) is 18.7. The Hall–Kier alpha value is -1.58. The molecule has 0 saturated carbocycles. The molecule has 0 aromatic heterocycles. The van der Waals surface area contributed by atoms with Gasteiger partial charge in [0.1, 0.15) is 5.75 Å². The van der Waals surface area contributed by atoms with Crippen LogP contribution in [0, 0.1) is 0 Å². The quantitative estimate of drug-likeness (QED) is 0.342. The van der Waals surface area contributed by atoms with E-state index in [1.807, 2.05) is 37.3 Å². The van der Waals surface area contributed by atoms with Gasteiger partial charge in [-0.3, -0.25) is 9.87 Å². The largest absolute Gasteiger partial charge is 0.494 e. The average molecular weight is 480 g/mol. The van der Waals surface area contributed by atoms with E-state index in [9.17, 15) is 13.5 Å². The first-order valence-corrected chi connectivity index (χ1v) is 13.7. The van der Waals surface area contributed by atoms with E-state index in [0.29, 0.717) is 12.2 Å². The number of fused-ring (bicyclic) bond motifs is 1. The van der Waals surface area contributed by atoms with E-state index in [2.05, 4.69) is 30.4 Å². The zero-order chi connectivity index (χ0) is 23.2. The third-order valence-corrected chi connectivity index (χ3v) is 8.15. The Morgan fingerprint density at radius 3 is 2.62 bits per heavy atom. The van der Waals surface area contributed by atoms with Gasteiger partial charge in [-0.2, -0.15) is 8.42 Å². The van der Waals surface area contributed by atoms with E-state index in [1.165, 1.54) is 0 Å². The number of thioether (sulfide) groups is 1. The second-order valence-corrected chi connectivity index (χ2v) is 11.0. The molecule has 176 valence electrons. The number of hydrogen-bond acceptors (Lipinski definition) is 6. The van der Waals surface area contributed by atoms with Crippen LogP contribution in [0.5, 0.6) is 5.75 Å². The molecule has 2 aromatic carbocycles. The molecule has 3 atom stereocenters. The number of nitrogens with one attached hydrogen (secondary N) is 1. The molecule has 0 fully saturated rings. The second-order valence-electron chi connectivity index (χ2n) is 8.36. The van der Waals surface area contributed by atoms with E-state index in [4.69, 9.17) is 9.29 Å². The summed E-state index contributed by atoms with van der Waals surface area (Å²) in [6, 6.07) is 16.2. The van der Waals surface area contributed by atoms with Gasteiger partial charge < -0.3 is 9.84 Å². The van der Waals surface area contributed by atoms with Gasteiger partial charge in [0.2, 0.25) is 0 Å². The van der Waals surface area contributed by atoms with E-state index < -0.39 is 10.1 Å². The first-order chi connectivity index (χ1) is 15.3. The van der Waals surface area contributed by atoms with Gasteiger partial charge in [0, 0.05) is 16.2 Å². The highest BCUT2D eigenvalue weighted by Crippen LogP contribution is 2.42. The highest BCUT2D eigenvalue weighted by atomic mass is 32.2. The van der Waals surface area contributed by atoms with Gasteiger partial charge in [0.25, 0.3) is 10.1 Å². The fourth-order valence-corrected chi connectivity index (χ4v) is 5.84. The van der Waals surface area contributed by atoms with Gasteiger partial charge >= 0.3 is 0 Å². The van der Waals surface area contributed by atoms with Gasteiger partial charge in [-0.05, 0) is 55.0 Å². The van der Waals surface area contributed by atoms with Gasteiger partial charge in [0.05, 0.1) is 24.5 Å². The van der Waals surface area contributed by atoms with Gasteiger partial charge in [-0.15, -0.1) is 11.8 Å². The maximum Gasteiger partial charge on any atom is 0.264 e. The van der Waals surface area contributed by atoms with Crippen LogP contribution in [-0.2, 0) is 10.1 Å². The Kier molecular flexibility index (Phi) is 8.63. The molecule has 0 radical (unpaired) electrons. The average Bonchev–Trinajstić information content (AvgIpc) is 2.94. The molecule has 0 bridgehead atoms. The number of benzene rings is 2. The van der Waals surface area contributed by atoms with E-state index in [0.717, 1.165) is 34.6 Å². The minimum Gasteiger partial charge on any atom is -0.494 e. The number of aliphatic hydroxyl groups excluding tert-OH is 1. The maximum atomic E-state index is 10.9. The Bertz CT molecular complexity index is 983. The van der Waals surface area contributed by atoms with Crippen molar-refractivity contribution in [1.82, 2.24) is 5.32 Å². The predicted molar refractivity (Wildman–Crippen MR) is 129 cm³/mol. The lowest BCUT2D eigenvalue weighted by molar-refractivity contribution is 0.116. The van der Waals surface area contributed by atoms with Crippen LogP contribution in [0.2, 0.25) is 0 Å². The minimum atomic E-state index is -3.98. The van der Waals surface area contributed by atoms with E-state index in [1.54, 1.807) is 11.8 Å². The lowest BCUT2D eigenvalue weighted by Gasteiger charge is -2.37. The van der Waals surface area contributed by atoms with Crippen molar-refractivity contribution in [2.45, 2.75) is 62.1 Å². The zero-order valence-corrected chi connectivity index (χ0v) is 20.3. The van der Waals surface area contributed by atoms with Crippen molar-refractivity contribution < 1.29 is 22.8 Å². The predicted octanol–water partition coefficient (Wildman–Crippen LogP) is 4.44. The fraction of sp³-hybridized carbons (Fsp3) is 0.500. The van der Waals surface area contributed by atoms with Crippen molar-refractivity contribution in [2.75, 3.05) is 18.1 Å². The van der Waals surface area contributed by atoms with Gasteiger partial charge in [-0.1, -0.05) is 44.2 Å². The second kappa shape index (κ2) is 11.0. The first kappa shape index (κ1) is 25.1. The standard InChI is InChI=1S/C24H33NO5S2/c1-3-19(26)16-24(4-2)17-31-22-12-11-20(30-13-8-14-32(27,28)29)15-21(22)23(25-24)18-9-6-5-7-10-18/h5-7,9-12,15,19,23,25-26H,3-4,8,13-14,16-17H2,1-2H3,(H,27,28,29)/t19?,23-,24-/m0/s1. The third kappa shape index (κ3) is 6.71. The van der Waals surface area contributed by atoms with Crippen LogP contribution in [0.3, 0.4) is 0 Å². The van der Waals surface area contributed by atoms with Crippen molar-refractivity contribution in [3.8, 4) is 5.75 Å². The molecule has 8 heteroatoms. The molecular formula is C24H33NO5S2. The summed E-state index contributed by atoms with van der Waals surface area (Å²) in [6.45, 7) is 4.38. The number of rotatable bonds is 10. The van der Waals surface area contributed by atoms with Crippen LogP contribution >= 0.6 is 11.8 Å². The summed E-state index contributed by atoms with van der Waals surface area (Å²) in [6.07, 6.45) is 2.16. The Morgan fingerprint density at radius 1 is 1.22 bits per heavy atom. The molecule has 0 saturated heterocycles. The smallest absolute Gasteiger partial charge is 0.264 e. The Labute approximate surface area is 195 Å². The van der Waals surface area contributed by atoms with Crippen molar-refractivity contribution in [3.63, 3.8) is 0 Å².